The molecule has 7 heteroatoms. The molecule has 0 saturated carbocycles. The van der Waals surface area contributed by atoms with Crippen molar-refractivity contribution in [2.24, 2.45) is 4.99 Å². The zero-order valence-electron chi connectivity index (χ0n) is 17.0. The summed E-state index contributed by atoms with van der Waals surface area (Å²) < 4.78 is 2.06. The number of fused-ring (bicyclic) bond motifs is 1. The number of hydrogen-bond donors (Lipinski definition) is 3. The number of nitrogens with zero attached hydrogens (tertiary/aromatic N) is 3. The van der Waals surface area contributed by atoms with E-state index in [4.69, 9.17) is 4.99 Å². The lowest BCUT2D eigenvalue weighted by Crippen LogP contribution is -2.38. The van der Waals surface area contributed by atoms with Crippen molar-refractivity contribution in [1.82, 2.24) is 25.4 Å². The van der Waals surface area contributed by atoms with E-state index in [0.29, 0.717) is 0 Å². The van der Waals surface area contributed by atoms with Gasteiger partial charge in [0.1, 0.15) is 0 Å². The number of H-pyrrole nitrogens is 1. The van der Waals surface area contributed by atoms with Gasteiger partial charge in [-0.05, 0) is 51.3 Å². The Morgan fingerprint density at radius 2 is 2.04 bits per heavy atom. The summed E-state index contributed by atoms with van der Waals surface area (Å²) in [6.45, 7) is 9.61. The molecular weight excluding hydrogens is 463 g/mol. The van der Waals surface area contributed by atoms with E-state index >= 15 is 0 Å². The summed E-state index contributed by atoms with van der Waals surface area (Å²) in [4.78, 5) is 8.02. The van der Waals surface area contributed by atoms with Gasteiger partial charge in [0, 0.05) is 49.0 Å². The SMILES string of the molecule is CCNC(=NCCCn1nc(C)cc1C)NCCc1c[nH]c2ccccc12.I. The second kappa shape index (κ2) is 11.1. The quantitative estimate of drug-likeness (QED) is 0.193. The largest absolute Gasteiger partial charge is 0.361 e. The predicted octanol–water partition coefficient (Wildman–Crippen LogP) is 3.79. The van der Waals surface area contributed by atoms with Gasteiger partial charge < -0.3 is 15.6 Å². The summed E-state index contributed by atoms with van der Waals surface area (Å²) in [7, 11) is 0. The first-order valence-electron chi connectivity index (χ1n) is 9.75. The highest BCUT2D eigenvalue weighted by Gasteiger charge is 2.04. The summed E-state index contributed by atoms with van der Waals surface area (Å²) in [6, 6.07) is 10.5. The van der Waals surface area contributed by atoms with Crippen LogP contribution in [0.15, 0.2) is 41.5 Å². The minimum absolute atomic E-state index is 0. The molecule has 0 unspecified atom stereocenters. The number of nitrogens with one attached hydrogen (secondary N) is 3. The van der Waals surface area contributed by atoms with Gasteiger partial charge in [0.15, 0.2) is 5.96 Å². The van der Waals surface area contributed by atoms with Crippen LogP contribution < -0.4 is 10.6 Å². The maximum Gasteiger partial charge on any atom is 0.191 e. The van der Waals surface area contributed by atoms with Gasteiger partial charge in [-0.2, -0.15) is 5.10 Å². The summed E-state index contributed by atoms with van der Waals surface area (Å²) in [5, 5.41) is 12.6. The van der Waals surface area contributed by atoms with Gasteiger partial charge in [0.2, 0.25) is 0 Å². The number of para-hydroxylation sites is 1. The molecule has 0 aliphatic heterocycles. The van der Waals surface area contributed by atoms with Crippen LogP contribution in [0.5, 0.6) is 0 Å². The lowest BCUT2D eigenvalue weighted by Gasteiger charge is -2.11. The van der Waals surface area contributed by atoms with Crippen molar-refractivity contribution in [2.75, 3.05) is 19.6 Å². The number of guanidine groups is 1. The van der Waals surface area contributed by atoms with Crippen LogP contribution in [0.4, 0.5) is 0 Å². The minimum Gasteiger partial charge on any atom is -0.361 e. The number of halogens is 1. The lowest BCUT2D eigenvalue weighted by molar-refractivity contribution is 0.567. The van der Waals surface area contributed by atoms with E-state index in [1.165, 1.54) is 22.2 Å². The van der Waals surface area contributed by atoms with Gasteiger partial charge in [-0.15, -0.1) is 24.0 Å². The highest BCUT2D eigenvalue weighted by Crippen LogP contribution is 2.17. The Hall–Kier alpha value is -2.03. The normalized spacial score (nSPS) is 11.5. The van der Waals surface area contributed by atoms with E-state index in [1.807, 2.05) is 6.92 Å². The molecule has 3 N–H and O–H groups in total. The molecule has 0 radical (unpaired) electrons. The first-order chi connectivity index (χ1) is 13.2. The molecule has 0 saturated heterocycles. The first kappa shape index (κ1) is 22.3. The zero-order valence-corrected chi connectivity index (χ0v) is 19.3. The van der Waals surface area contributed by atoms with Crippen molar-refractivity contribution in [3.05, 3.63) is 53.5 Å². The summed E-state index contributed by atoms with van der Waals surface area (Å²) >= 11 is 0. The summed E-state index contributed by atoms with van der Waals surface area (Å²) in [5.41, 5.74) is 4.80. The molecular formula is C21H31IN6. The van der Waals surface area contributed by atoms with E-state index in [0.717, 1.165) is 50.7 Å². The van der Waals surface area contributed by atoms with Crippen molar-refractivity contribution < 1.29 is 0 Å². The van der Waals surface area contributed by atoms with E-state index in [1.54, 1.807) is 0 Å². The molecule has 0 aliphatic carbocycles. The molecule has 6 nitrogen and oxygen atoms in total. The highest BCUT2D eigenvalue weighted by molar-refractivity contribution is 14.0. The number of benzene rings is 1. The number of aliphatic imine (C=N–C) groups is 1. The Bertz CT molecular complexity index is 895. The van der Waals surface area contributed by atoms with E-state index in [-0.39, 0.29) is 24.0 Å². The van der Waals surface area contributed by atoms with Gasteiger partial charge in [0.25, 0.3) is 0 Å². The molecule has 0 spiro atoms. The standard InChI is InChI=1S/C21H30N6.HI/c1-4-22-21(23-11-7-13-27-17(3)14-16(2)26-27)24-12-10-18-15-25-20-9-6-5-8-19(18)20;/h5-6,8-9,14-15,25H,4,7,10-13H2,1-3H3,(H2,22,23,24);1H. The third kappa shape index (κ3) is 5.98. The zero-order chi connectivity index (χ0) is 19.1. The Kier molecular flexibility index (Phi) is 8.82. The van der Waals surface area contributed by atoms with Crippen molar-refractivity contribution in [3.63, 3.8) is 0 Å². The fourth-order valence-corrected chi connectivity index (χ4v) is 3.31. The number of hydrogen-bond acceptors (Lipinski definition) is 2. The lowest BCUT2D eigenvalue weighted by atomic mass is 10.1. The van der Waals surface area contributed by atoms with Crippen LogP contribution in [0.1, 0.15) is 30.3 Å². The minimum atomic E-state index is 0. The Labute approximate surface area is 184 Å². The molecule has 0 fully saturated rings. The third-order valence-electron chi connectivity index (χ3n) is 4.61. The molecule has 28 heavy (non-hydrogen) atoms. The summed E-state index contributed by atoms with van der Waals surface area (Å²) in [5.74, 6) is 0.880. The van der Waals surface area contributed by atoms with Crippen molar-refractivity contribution in [3.8, 4) is 0 Å². The van der Waals surface area contributed by atoms with Crippen LogP contribution in [0.3, 0.4) is 0 Å². The maximum absolute atomic E-state index is 4.69. The van der Waals surface area contributed by atoms with Crippen LogP contribution in [0, 0.1) is 13.8 Å². The van der Waals surface area contributed by atoms with Gasteiger partial charge in [-0.25, -0.2) is 0 Å². The van der Waals surface area contributed by atoms with Crippen LogP contribution in [0.25, 0.3) is 10.9 Å². The predicted molar refractivity (Wildman–Crippen MR) is 128 cm³/mol. The third-order valence-corrected chi connectivity index (χ3v) is 4.61. The maximum atomic E-state index is 4.69. The molecule has 2 aromatic heterocycles. The molecule has 3 rings (SSSR count). The Morgan fingerprint density at radius 1 is 1.21 bits per heavy atom. The van der Waals surface area contributed by atoms with Gasteiger partial charge in [-0.3, -0.25) is 9.67 Å². The average molecular weight is 494 g/mol. The fraction of sp³-hybridized carbons (Fsp3) is 0.429. The molecule has 0 bridgehead atoms. The summed E-state index contributed by atoms with van der Waals surface area (Å²) in [6.07, 6.45) is 4.03. The molecule has 0 amide bonds. The Morgan fingerprint density at radius 3 is 2.79 bits per heavy atom. The topological polar surface area (TPSA) is 70.0 Å². The molecule has 1 aromatic carbocycles. The fourth-order valence-electron chi connectivity index (χ4n) is 3.31. The second-order valence-corrected chi connectivity index (χ2v) is 6.80. The van der Waals surface area contributed by atoms with E-state index in [2.05, 4.69) is 75.8 Å². The van der Waals surface area contributed by atoms with Crippen LogP contribution in [0.2, 0.25) is 0 Å². The molecule has 0 atom stereocenters. The first-order valence-corrected chi connectivity index (χ1v) is 9.75. The highest BCUT2D eigenvalue weighted by atomic mass is 127. The van der Waals surface area contributed by atoms with Crippen molar-refractivity contribution in [1.29, 1.82) is 0 Å². The number of rotatable bonds is 8. The molecule has 152 valence electrons. The number of aromatic nitrogens is 3. The van der Waals surface area contributed by atoms with Crippen molar-refractivity contribution in [2.45, 2.75) is 40.2 Å². The van der Waals surface area contributed by atoms with E-state index in [9.17, 15) is 0 Å². The molecule has 0 aliphatic rings. The second-order valence-electron chi connectivity index (χ2n) is 6.80. The van der Waals surface area contributed by atoms with Gasteiger partial charge in [-0.1, -0.05) is 18.2 Å². The Balaban J connectivity index is 0.00000280. The number of aryl methyl sites for hydroxylation is 3. The van der Waals surface area contributed by atoms with Crippen LogP contribution in [-0.2, 0) is 13.0 Å². The van der Waals surface area contributed by atoms with Crippen molar-refractivity contribution >= 4 is 40.8 Å². The van der Waals surface area contributed by atoms with Gasteiger partial charge >= 0.3 is 0 Å². The monoisotopic (exact) mass is 494 g/mol. The average Bonchev–Trinajstić information content (AvgIpc) is 3.21. The number of aromatic amines is 1. The molecule has 2 heterocycles. The van der Waals surface area contributed by atoms with Gasteiger partial charge in [0.05, 0.1) is 5.69 Å². The van der Waals surface area contributed by atoms with Crippen LogP contribution in [-0.4, -0.2) is 40.4 Å². The van der Waals surface area contributed by atoms with Crippen LogP contribution >= 0.6 is 24.0 Å². The smallest absolute Gasteiger partial charge is 0.191 e. The van der Waals surface area contributed by atoms with E-state index < -0.39 is 0 Å². The molecule has 3 aromatic rings.